The van der Waals surface area contributed by atoms with Crippen molar-refractivity contribution in [2.45, 2.75) is 25.5 Å². The fraction of sp³-hybridized carbons (Fsp3) is 1.00. The monoisotopic (exact) mass is 145 g/mol. The lowest BCUT2D eigenvalue weighted by molar-refractivity contribution is -0.0241. The zero-order valence-electron chi connectivity index (χ0n) is 6.29. The molecule has 3 nitrogen and oxygen atoms in total. The minimum Gasteiger partial charge on any atom is -0.396 e. The molecule has 0 radical (unpaired) electrons. The summed E-state index contributed by atoms with van der Waals surface area (Å²) in [5.74, 6) is 0.240. The van der Waals surface area contributed by atoms with Gasteiger partial charge in [0.05, 0.1) is 12.7 Å². The first-order valence-corrected chi connectivity index (χ1v) is 3.72. The Labute approximate surface area is 61.2 Å². The van der Waals surface area contributed by atoms with Crippen LogP contribution < -0.4 is 5.73 Å². The molecule has 1 aliphatic rings. The Morgan fingerprint density at radius 3 is 2.90 bits per heavy atom. The van der Waals surface area contributed by atoms with E-state index in [4.69, 9.17) is 15.6 Å². The van der Waals surface area contributed by atoms with Crippen LogP contribution in [0, 0.1) is 5.92 Å². The Morgan fingerprint density at radius 2 is 2.40 bits per heavy atom. The van der Waals surface area contributed by atoms with Gasteiger partial charge in [0.25, 0.3) is 0 Å². The molecule has 0 bridgehead atoms. The molecule has 1 saturated heterocycles. The summed E-state index contributed by atoms with van der Waals surface area (Å²) in [4.78, 5) is 0. The number of aliphatic hydroxyl groups is 1. The molecule has 0 aromatic rings. The van der Waals surface area contributed by atoms with Crippen molar-refractivity contribution in [3.63, 3.8) is 0 Å². The maximum Gasteiger partial charge on any atom is 0.0624 e. The van der Waals surface area contributed by atoms with Crippen molar-refractivity contribution in [1.29, 1.82) is 0 Å². The molecule has 0 spiro atoms. The molecule has 1 rings (SSSR count). The van der Waals surface area contributed by atoms with Crippen LogP contribution in [0.1, 0.15) is 13.3 Å². The van der Waals surface area contributed by atoms with E-state index in [0.29, 0.717) is 6.61 Å². The third-order valence-electron chi connectivity index (χ3n) is 2.05. The summed E-state index contributed by atoms with van der Waals surface area (Å²) in [5, 5.41) is 8.84. The predicted octanol–water partition coefficient (Wildman–Crippen LogP) is -0.269. The first-order chi connectivity index (χ1) is 4.74. The highest BCUT2D eigenvalue weighted by atomic mass is 16.5. The van der Waals surface area contributed by atoms with Crippen molar-refractivity contribution in [2.24, 2.45) is 11.7 Å². The van der Waals surface area contributed by atoms with Crippen molar-refractivity contribution in [2.75, 3.05) is 13.2 Å². The quantitative estimate of drug-likeness (QED) is 0.534. The maximum absolute atomic E-state index is 8.84. The Hall–Kier alpha value is -0.120. The highest BCUT2D eigenvalue weighted by Gasteiger charge is 2.25. The van der Waals surface area contributed by atoms with E-state index in [1.807, 2.05) is 6.92 Å². The molecule has 0 aromatic carbocycles. The van der Waals surface area contributed by atoms with Gasteiger partial charge in [0.2, 0.25) is 0 Å². The summed E-state index contributed by atoms with van der Waals surface area (Å²) < 4.78 is 5.29. The molecule has 3 unspecified atom stereocenters. The van der Waals surface area contributed by atoms with Gasteiger partial charge in [-0.05, 0) is 13.3 Å². The Bertz CT molecular complexity index is 108. The highest BCUT2D eigenvalue weighted by molar-refractivity contribution is 4.78. The maximum atomic E-state index is 8.84. The summed E-state index contributed by atoms with van der Waals surface area (Å²) in [6.07, 6.45) is 1.15. The zero-order valence-corrected chi connectivity index (χ0v) is 6.29. The summed E-state index contributed by atoms with van der Waals surface area (Å²) >= 11 is 0. The molecule has 10 heavy (non-hydrogen) atoms. The van der Waals surface area contributed by atoms with Crippen molar-refractivity contribution in [3.05, 3.63) is 0 Å². The SMILES string of the molecule is CC1CC(CO)C(N)CO1. The fourth-order valence-electron chi connectivity index (χ4n) is 1.29. The molecule has 60 valence electrons. The molecule has 0 aromatic heterocycles. The first-order valence-electron chi connectivity index (χ1n) is 3.72. The second kappa shape index (κ2) is 3.32. The number of hydrogen-bond acceptors (Lipinski definition) is 3. The summed E-state index contributed by atoms with van der Waals surface area (Å²) in [5.41, 5.74) is 5.67. The van der Waals surface area contributed by atoms with E-state index in [0.717, 1.165) is 6.42 Å². The van der Waals surface area contributed by atoms with Crippen LogP contribution in [-0.2, 0) is 4.74 Å². The van der Waals surface area contributed by atoms with E-state index in [-0.39, 0.29) is 24.7 Å². The van der Waals surface area contributed by atoms with Gasteiger partial charge in [-0.3, -0.25) is 0 Å². The van der Waals surface area contributed by atoms with Crippen molar-refractivity contribution in [1.82, 2.24) is 0 Å². The van der Waals surface area contributed by atoms with Crippen LogP contribution in [0.5, 0.6) is 0 Å². The van der Waals surface area contributed by atoms with Crippen LogP contribution in [0.15, 0.2) is 0 Å². The largest absolute Gasteiger partial charge is 0.396 e. The van der Waals surface area contributed by atoms with Gasteiger partial charge in [0.1, 0.15) is 0 Å². The van der Waals surface area contributed by atoms with Crippen LogP contribution >= 0.6 is 0 Å². The number of nitrogens with two attached hydrogens (primary N) is 1. The average molecular weight is 145 g/mol. The summed E-state index contributed by atoms with van der Waals surface area (Å²) in [6, 6.07) is 0.0289. The number of ether oxygens (including phenoxy) is 1. The molecule has 1 heterocycles. The lowest BCUT2D eigenvalue weighted by atomic mass is 9.93. The highest BCUT2D eigenvalue weighted by Crippen LogP contribution is 2.17. The normalized spacial score (nSPS) is 41.7. The third-order valence-corrected chi connectivity index (χ3v) is 2.05. The Kier molecular flexibility index (Phi) is 2.65. The van der Waals surface area contributed by atoms with E-state index < -0.39 is 0 Å². The Balaban J connectivity index is 2.38. The molecule has 3 atom stereocenters. The van der Waals surface area contributed by atoms with Gasteiger partial charge in [0, 0.05) is 18.6 Å². The number of aliphatic hydroxyl groups excluding tert-OH is 1. The van der Waals surface area contributed by atoms with Crippen molar-refractivity contribution < 1.29 is 9.84 Å². The lowest BCUT2D eigenvalue weighted by Crippen LogP contribution is -2.43. The van der Waals surface area contributed by atoms with Gasteiger partial charge in [-0.15, -0.1) is 0 Å². The molecular formula is C7H15NO2. The van der Waals surface area contributed by atoms with Gasteiger partial charge in [-0.1, -0.05) is 0 Å². The molecule has 1 aliphatic heterocycles. The minimum absolute atomic E-state index is 0.0289. The van der Waals surface area contributed by atoms with Gasteiger partial charge >= 0.3 is 0 Å². The topological polar surface area (TPSA) is 55.5 Å². The number of rotatable bonds is 1. The third kappa shape index (κ3) is 1.68. The molecular weight excluding hydrogens is 130 g/mol. The van der Waals surface area contributed by atoms with Crippen LogP contribution in [0.3, 0.4) is 0 Å². The molecule has 1 fully saturated rings. The van der Waals surface area contributed by atoms with E-state index in [9.17, 15) is 0 Å². The van der Waals surface area contributed by atoms with Crippen LogP contribution in [0.4, 0.5) is 0 Å². The smallest absolute Gasteiger partial charge is 0.0624 e. The van der Waals surface area contributed by atoms with Crippen molar-refractivity contribution in [3.8, 4) is 0 Å². The summed E-state index contributed by atoms with van der Waals surface area (Å²) in [6.45, 7) is 2.79. The Morgan fingerprint density at radius 1 is 1.70 bits per heavy atom. The molecule has 0 saturated carbocycles. The lowest BCUT2D eigenvalue weighted by Gasteiger charge is -2.31. The second-order valence-corrected chi connectivity index (χ2v) is 2.99. The molecule has 0 amide bonds. The number of hydrogen-bond donors (Lipinski definition) is 2. The molecule has 3 heteroatoms. The van der Waals surface area contributed by atoms with Crippen LogP contribution in [0.25, 0.3) is 0 Å². The first kappa shape index (κ1) is 7.98. The fourth-order valence-corrected chi connectivity index (χ4v) is 1.29. The van der Waals surface area contributed by atoms with Crippen LogP contribution in [-0.4, -0.2) is 30.5 Å². The zero-order chi connectivity index (χ0) is 7.56. The van der Waals surface area contributed by atoms with Crippen LogP contribution in [0.2, 0.25) is 0 Å². The predicted molar refractivity (Wildman–Crippen MR) is 38.6 cm³/mol. The second-order valence-electron chi connectivity index (χ2n) is 2.99. The minimum atomic E-state index is 0.0289. The van der Waals surface area contributed by atoms with Gasteiger partial charge < -0.3 is 15.6 Å². The van der Waals surface area contributed by atoms with Crippen molar-refractivity contribution >= 4 is 0 Å². The van der Waals surface area contributed by atoms with Gasteiger partial charge in [0.15, 0.2) is 0 Å². The van der Waals surface area contributed by atoms with Gasteiger partial charge in [-0.2, -0.15) is 0 Å². The van der Waals surface area contributed by atoms with E-state index in [2.05, 4.69) is 0 Å². The molecule has 0 aliphatic carbocycles. The van der Waals surface area contributed by atoms with E-state index in [1.54, 1.807) is 0 Å². The van der Waals surface area contributed by atoms with E-state index >= 15 is 0 Å². The summed E-state index contributed by atoms with van der Waals surface area (Å²) in [7, 11) is 0. The standard InChI is InChI=1S/C7H15NO2/c1-5-2-6(3-9)7(8)4-10-5/h5-7,9H,2-4,8H2,1H3. The molecule has 3 N–H and O–H groups in total. The van der Waals surface area contributed by atoms with Gasteiger partial charge in [-0.25, -0.2) is 0 Å². The van der Waals surface area contributed by atoms with E-state index in [1.165, 1.54) is 0 Å². The average Bonchev–Trinajstić information content (AvgIpc) is 1.94.